The lowest BCUT2D eigenvalue weighted by Gasteiger charge is -2.29. The van der Waals surface area contributed by atoms with Gasteiger partial charge in [0.05, 0.1) is 13.0 Å². The summed E-state index contributed by atoms with van der Waals surface area (Å²) in [6.07, 6.45) is 4.26. The molecule has 1 rings (SSSR count). The van der Waals surface area contributed by atoms with Crippen LogP contribution >= 0.6 is 0 Å². The summed E-state index contributed by atoms with van der Waals surface area (Å²) < 4.78 is 4.75. The summed E-state index contributed by atoms with van der Waals surface area (Å²) in [5.41, 5.74) is 0. The first-order valence-corrected chi connectivity index (χ1v) is 5.77. The Morgan fingerprint density at radius 3 is 2.69 bits per heavy atom. The van der Waals surface area contributed by atoms with Crippen molar-refractivity contribution in [3.63, 3.8) is 0 Å². The van der Waals surface area contributed by atoms with Gasteiger partial charge >= 0.3 is 5.97 Å². The minimum Gasteiger partial charge on any atom is -0.469 e. The molecule has 3 atom stereocenters. The third-order valence-corrected chi connectivity index (χ3v) is 3.42. The molecule has 0 aromatic carbocycles. The molecule has 5 heteroatoms. The number of hydrogen-bond acceptors (Lipinski definition) is 4. The third-order valence-electron chi connectivity index (χ3n) is 3.42. The van der Waals surface area contributed by atoms with Crippen LogP contribution in [-0.4, -0.2) is 24.0 Å². The van der Waals surface area contributed by atoms with Crippen LogP contribution in [0, 0.1) is 22.0 Å². The number of nitro groups is 1. The number of carbonyl (C=O) groups is 1. The molecule has 0 aliphatic heterocycles. The van der Waals surface area contributed by atoms with Crippen molar-refractivity contribution in [2.24, 2.45) is 11.8 Å². The number of esters is 1. The molecule has 5 nitrogen and oxygen atoms in total. The molecule has 0 amide bonds. The molecular formula is C11H19NO4. The van der Waals surface area contributed by atoms with Crippen LogP contribution in [-0.2, 0) is 9.53 Å². The molecule has 0 radical (unpaired) electrons. The lowest BCUT2D eigenvalue weighted by Crippen LogP contribution is -2.32. The minimum absolute atomic E-state index is 0.113. The van der Waals surface area contributed by atoms with Gasteiger partial charge in [0.1, 0.15) is 0 Å². The molecular weight excluding hydrogens is 210 g/mol. The number of carbonyl (C=O) groups excluding carboxylic acids is 1. The summed E-state index contributed by atoms with van der Waals surface area (Å²) in [7, 11) is 1.38. The van der Waals surface area contributed by atoms with Gasteiger partial charge in [-0.25, -0.2) is 0 Å². The summed E-state index contributed by atoms with van der Waals surface area (Å²) >= 11 is 0. The van der Waals surface area contributed by atoms with Crippen LogP contribution in [0.5, 0.6) is 0 Å². The Bertz CT molecular complexity index is 267. The predicted molar refractivity (Wildman–Crippen MR) is 58.5 cm³/mol. The molecule has 1 fully saturated rings. The van der Waals surface area contributed by atoms with Crippen molar-refractivity contribution in [1.29, 1.82) is 0 Å². The lowest BCUT2D eigenvalue weighted by atomic mass is 9.76. The first-order chi connectivity index (χ1) is 7.56. The predicted octanol–water partition coefficient (Wildman–Crippen LogP) is 2.02. The number of nitrogens with zero attached hydrogens (tertiary/aromatic N) is 1. The second kappa shape index (κ2) is 5.82. The van der Waals surface area contributed by atoms with Crippen molar-refractivity contribution in [3.05, 3.63) is 10.1 Å². The van der Waals surface area contributed by atoms with Crippen LogP contribution in [0.4, 0.5) is 0 Å². The Hall–Kier alpha value is -1.13. The van der Waals surface area contributed by atoms with E-state index in [1.54, 1.807) is 6.92 Å². The second-order valence-corrected chi connectivity index (χ2v) is 4.54. The zero-order valence-electron chi connectivity index (χ0n) is 9.85. The molecule has 0 aromatic heterocycles. The topological polar surface area (TPSA) is 69.4 Å². The number of rotatable bonds is 4. The Balaban J connectivity index is 2.60. The van der Waals surface area contributed by atoms with E-state index in [0.29, 0.717) is 6.42 Å². The minimum atomic E-state index is -0.574. The van der Waals surface area contributed by atoms with E-state index in [-0.39, 0.29) is 22.7 Å². The lowest BCUT2D eigenvalue weighted by molar-refractivity contribution is -0.520. The van der Waals surface area contributed by atoms with E-state index >= 15 is 0 Å². The normalized spacial score (nSPS) is 27.1. The monoisotopic (exact) mass is 229 g/mol. The largest absolute Gasteiger partial charge is 0.469 e. The smallest absolute Gasteiger partial charge is 0.308 e. The number of methoxy groups -OCH3 is 1. The summed E-state index contributed by atoms with van der Waals surface area (Å²) in [6, 6.07) is -0.574. The fourth-order valence-electron chi connectivity index (χ4n) is 2.48. The van der Waals surface area contributed by atoms with E-state index in [4.69, 9.17) is 4.74 Å². The second-order valence-electron chi connectivity index (χ2n) is 4.54. The van der Waals surface area contributed by atoms with Gasteiger partial charge in [0, 0.05) is 18.3 Å². The first-order valence-electron chi connectivity index (χ1n) is 5.77. The molecule has 92 valence electrons. The van der Waals surface area contributed by atoms with E-state index in [1.807, 2.05) is 0 Å². The maximum atomic E-state index is 11.5. The summed E-state index contributed by atoms with van der Waals surface area (Å²) in [5.74, 6) is -0.233. The maximum absolute atomic E-state index is 11.5. The van der Waals surface area contributed by atoms with Crippen LogP contribution in [0.25, 0.3) is 0 Å². The first kappa shape index (κ1) is 12.9. The molecule has 0 aromatic rings. The summed E-state index contributed by atoms with van der Waals surface area (Å²) in [4.78, 5) is 21.9. The van der Waals surface area contributed by atoms with Gasteiger partial charge in [0.25, 0.3) is 0 Å². The Morgan fingerprint density at radius 2 is 2.12 bits per heavy atom. The van der Waals surface area contributed by atoms with Crippen LogP contribution in [0.3, 0.4) is 0 Å². The molecule has 1 aliphatic carbocycles. The van der Waals surface area contributed by atoms with Crippen molar-refractivity contribution in [2.45, 2.75) is 45.1 Å². The highest BCUT2D eigenvalue weighted by atomic mass is 16.6. The zero-order valence-corrected chi connectivity index (χ0v) is 9.85. The number of ether oxygens (including phenoxy) is 1. The van der Waals surface area contributed by atoms with Gasteiger partial charge in [-0.15, -0.1) is 0 Å². The summed E-state index contributed by atoms with van der Waals surface area (Å²) in [6.45, 7) is 1.60. The molecule has 0 spiro atoms. The van der Waals surface area contributed by atoms with Crippen molar-refractivity contribution < 1.29 is 14.5 Å². The van der Waals surface area contributed by atoms with Crippen LogP contribution in [0.2, 0.25) is 0 Å². The van der Waals surface area contributed by atoms with Crippen LogP contribution < -0.4 is 0 Å². The van der Waals surface area contributed by atoms with Gasteiger partial charge in [-0.1, -0.05) is 12.8 Å². The molecule has 0 saturated heterocycles. The van der Waals surface area contributed by atoms with E-state index in [0.717, 1.165) is 25.7 Å². The molecule has 0 heterocycles. The molecule has 0 N–H and O–H groups in total. The average molecular weight is 229 g/mol. The Labute approximate surface area is 95.3 Å². The van der Waals surface area contributed by atoms with Crippen LogP contribution in [0.1, 0.15) is 39.0 Å². The highest BCUT2D eigenvalue weighted by Crippen LogP contribution is 2.34. The van der Waals surface area contributed by atoms with E-state index in [2.05, 4.69) is 0 Å². The van der Waals surface area contributed by atoms with Gasteiger partial charge in [-0.3, -0.25) is 14.9 Å². The van der Waals surface area contributed by atoms with Gasteiger partial charge in [-0.05, 0) is 18.8 Å². The Kier molecular flexibility index (Phi) is 4.71. The van der Waals surface area contributed by atoms with E-state index in [9.17, 15) is 14.9 Å². The molecule has 1 aliphatic rings. The quantitative estimate of drug-likeness (QED) is 0.420. The van der Waals surface area contributed by atoms with Crippen molar-refractivity contribution in [3.8, 4) is 0 Å². The van der Waals surface area contributed by atoms with E-state index < -0.39 is 6.04 Å². The molecule has 0 bridgehead atoms. The molecule has 1 saturated carbocycles. The van der Waals surface area contributed by atoms with Crippen molar-refractivity contribution >= 4 is 5.97 Å². The Morgan fingerprint density at radius 1 is 1.50 bits per heavy atom. The standard InChI is InChI=1S/C11H19NO4/c1-8(12(14)15)7-9-5-3-4-6-10(9)11(13)16-2/h8-10H,3-7H2,1-2H3. The SMILES string of the molecule is COC(=O)C1CCCCC1CC(C)[N+](=O)[O-]. The highest BCUT2D eigenvalue weighted by molar-refractivity contribution is 5.72. The summed E-state index contributed by atoms with van der Waals surface area (Å²) in [5, 5.41) is 10.6. The average Bonchev–Trinajstić information content (AvgIpc) is 2.28. The third kappa shape index (κ3) is 3.18. The van der Waals surface area contributed by atoms with E-state index in [1.165, 1.54) is 7.11 Å². The number of hydrogen-bond donors (Lipinski definition) is 0. The fourth-order valence-corrected chi connectivity index (χ4v) is 2.48. The van der Waals surface area contributed by atoms with Gasteiger partial charge in [-0.2, -0.15) is 0 Å². The van der Waals surface area contributed by atoms with Gasteiger partial charge in [0.15, 0.2) is 0 Å². The highest BCUT2D eigenvalue weighted by Gasteiger charge is 2.34. The maximum Gasteiger partial charge on any atom is 0.308 e. The van der Waals surface area contributed by atoms with Crippen LogP contribution in [0.15, 0.2) is 0 Å². The zero-order chi connectivity index (χ0) is 12.1. The van der Waals surface area contributed by atoms with Crippen molar-refractivity contribution in [2.75, 3.05) is 7.11 Å². The molecule has 16 heavy (non-hydrogen) atoms. The van der Waals surface area contributed by atoms with Gasteiger partial charge < -0.3 is 4.74 Å². The molecule has 3 unspecified atom stereocenters. The van der Waals surface area contributed by atoms with Gasteiger partial charge in [0.2, 0.25) is 6.04 Å². The fraction of sp³-hybridized carbons (Fsp3) is 0.909. The van der Waals surface area contributed by atoms with Crippen molar-refractivity contribution in [1.82, 2.24) is 0 Å².